The number of carbonyl (C=O) groups is 1. The van der Waals surface area contributed by atoms with Crippen molar-refractivity contribution < 1.29 is 15.0 Å². The number of aliphatic imine (C=N–C) groups is 1. The lowest BCUT2D eigenvalue weighted by Crippen LogP contribution is -2.32. The van der Waals surface area contributed by atoms with Gasteiger partial charge in [0.2, 0.25) is 5.88 Å². The Morgan fingerprint density at radius 2 is 2.17 bits per heavy atom. The molecule has 0 radical (unpaired) electrons. The molecule has 1 aromatic heterocycles. The second-order valence-corrected chi connectivity index (χ2v) is 5.90. The number of aromatic nitrogens is 2. The van der Waals surface area contributed by atoms with Crippen LogP contribution in [0.15, 0.2) is 14.6 Å². The molecule has 0 amide bonds. The predicted octanol–water partition coefficient (Wildman–Crippen LogP) is 0.667. The van der Waals surface area contributed by atoms with Gasteiger partial charge in [0.1, 0.15) is 11.6 Å². The minimum Gasteiger partial charge on any atom is -0.494 e. The van der Waals surface area contributed by atoms with Gasteiger partial charge in [-0.05, 0) is 24.9 Å². The molecule has 1 heterocycles. The van der Waals surface area contributed by atoms with Gasteiger partial charge in [0.15, 0.2) is 0 Å². The van der Waals surface area contributed by atoms with Gasteiger partial charge in [0.25, 0.3) is 5.56 Å². The SMILES string of the molecule is CCCCn1c(O)c(C=NC(CCSC)C(=O)O)c(=O)[nH]c1=O. The van der Waals surface area contributed by atoms with E-state index in [4.69, 9.17) is 5.11 Å². The fourth-order valence-corrected chi connectivity index (χ4v) is 2.33. The van der Waals surface area contributed by atoms with E-state index < -0.39 is 29.1 Å². The molecule has 0 fully saturated rings. The fourth-order valence-electron chi connectivity index (χ4n) is 1.87. The summed E-state index contributed by atoms with van der Waals surface area (Å²) in [4.78, 5) is 40.6. The second-order valence-electron chi connectivity index (χ2n) is 4.92. The van der Waals surface area contributed by atoms with E-state index in [1.165, 1.54) is 11.8 Å². The zero-order valence-electron chi connectivity index (χ0n) is 13.1. The highest BCUT2D eigenvalue weighted by atomic mass is 32.2. The normalized spacial score (nSPS) is 12.6. The van der Waals surface area contributed by atoms with Crippen molar-refractivity contribution in [3.05, 3.63) is 26.4 Å². The first-order valence-corrected chi connectivity index (χ1v) is 8.62. The van der Waals surface area contributed by atoms with Crippen LogP contribution in [0.1, 0.15) is 31.7 Å². The van der Waals surface area contributed by atoms with Crippen LogP contribution < -0.4 is 11.2 Å². The number of aliphatic carboxylic acids is 1. The first-order valence-electron chi connectivity index (χ1n) is 7.23. The van der Waals surface area contributed by atoms with E-state index >= 15 is 0 Å². The number of unbranched alkanes of at least 4 members (excludes halogenated alkanes) is 1. The van der Waals surface area contributed by atoms with Crippen molar-refractivity contribution in [1.82, 2.24) is 9.55 Å². The maximum atomic E-state index is 11.8. The van der Waals surface area contributed by atoms with E-state index in [1.807, 2.05) is 13.2 Å². The summed E-state index contributed by atoms with van der Waals surface area (Å²) in [6.07, 6.45) is 4.64. The molecule has 0 aliphatic heterocycles. The highest BCUT2D eigenvalue weighted by Crippen LogP contribution is 2.10. The predicted molar refractivity (Wildman–Crippen MR) is 89.9 cm³/mol. The molecule has 0 aromatic carbocycles. The van der Waals surface area contributed by atoms with Crippen molar-refractivity contribution in [2.45, 2.75) is 38.8 Å². The van der Waals surface area contributed by atoms with Gasteiger partial charge in [-0.1, -0.05) is 13.3 Å². The van der Waals surface area contributed by atoms with E-state index in [0.29, 0.717) is 18.6 Å². The molecule has 1 aromatic rings. The molecular formula is C14H21N3O5S. The summed E-state index contributed by atoms with van der Waals surface area (Å²) in [5.41, 5.74) is -1.70. The monoisotopic (exact) mass is 343 g/mol. The van der Waals surface area contributed by atoms with Crippen LogP contribution in [-0.2, 0) is 11.3 Å². The fraction of sp³-hybridized carbons (Fsp3) is 0.571. The Hall–Kier alpha value is -2.03. The molecule has 0 aliphatic rings. The molecule has 0 saturated heterocycles. The van der Waals surface area contributed by atoms with Crippen LogP contribution in [0.3, 0.4) is 0 Å². The van der Waals surface area contributed by atoms with Crippen LogP contribution in [0.25, 0.3) is 0 Å². The van der Waals surface area contributed by atoms with E-state index in [1.54, 1.807) is 0 Å². The van der Waals surface area contributed by atoms with Crippen LogP contribution in [0.5, 0.6) is 5.88 Å². The van der Waals surface area contributed by atoms with Crippen LogP contribution in [0, 0.1) is 0 Å². The van der Waals surface area contributed by atoms with E-state index in [-0.39, 0.29) is 12.1 Å². The average Bonchev–Trinajstić information content (AvgIpc) is 2.49. The zero-order chi connectivity index (χ0) is 17.4. The minimum absolute atomic E-state index is 0.212. The topological polar surface area (TPSA) is 125 Å². The van der Waals surface area contributed by atoms with Gasteiger partial charge >= 0.3 is 11.7 Å². The molecule has 1 unspecified atom stereocenters. The lowest BCUT2D eigenvalue weighted by Gasteiger charge is -2.09. The van der Waals surface area contributed by atoms with Gasteiger partial charge < -0.3 is 10.2 Å². The number of carboxylic acid groups (broad SMARTS) is 1. The summed E-state index contributed by atoms with van der Waals surface area (Å²) in [5, 5.41) is 19.2. The second kappa shape index (κ2) is 9.19. The number of nitrogens with zero attached hydrogens (tertiary/aromatic N) is 2. The molecule has 8 nitrogen and oxygen atoms in total. The summed E-state index contributed by atoms with van der Waals surface area (Å²) < 4.78 is 1.05. The van der Waals surface area contributed by atoms with Crippen molar-refractivity contribution in [2.24, 2.45) is 4.99 Å². The molecule has 23 heavy (non-hydrogen) atoms. The Labute approximate surface area is 137 Å². The summed E-state index contributed by atoms with van der Waals surface area (Å²) in [6.45, 7) is 2.19. The van der Waals surface area contributed by atoms with Gasteiger partial charge in [0, 0.05) is 12.8 Å². The molecule has 3 N–H and O–H groups in total. The van der Waals surface area contributed by atoms with E-state index in [2.05, 4.69) is 9.98 Å². The summed E-state index contributed by atoms with van der Waals surface area (Å²) in [7, 11) is 0. The maximum absolute atomic E-state index is 11.8. The van der Waals surface area contributed by atoms with Gasteiger partial charge in [-0.25, -0.2) is 9.59 Å². The number of thioether (sulfide) groups is 1. The van der Waals surface area contributed by atoms with Gasteiger partial charge in [0.05, 0.1) is 0 Å². The molecule has 0 bridgehead atoms. The number of aromatic amines is 1. The Kier molecular flexibility index (Phi) is 7.60. The first-order chi connectivity index (χ1) is 10.9. The number of hydrogen-bond acceptors (Lipinski definition) is 6. The Bertz CT molecular complexity index is 680. The number of rotatable bonds is 9. The minimum atomic E-state index is -1.11. The number of carboxylic acids is 1. The Morgan fingerprint density at radius 1 is 1.48 bits per heavy atom. The van der Waals surface area contributed by atoms with Gasteiger partial charge in [-0.15, -0.1) is 0 Å². The van der Waals surface area contributed by atoms with Gasteiger partial charge in [-0.2, -0.15) is 11.8 Å². The molecular weight excluding hydrogens is 322 g/mol. The molecule has 1 rings (SSSR count). The van der Waals surface area contributed by atoms with E-state index in [0.717, 1.165) is 17.2 Å². The summed E-state index contributed by atoms with van der Waals surface area (Å²) in [6, 6.07) is -1.00. The molecule has 0 aliphatic carbocycles. The summed E-state index contributed by atoms with van der Waals surface area (Å²) >= 11 is 1.49. The standard InChI is InChI=1S/C14H21N3O5S/c1-3-4-6-17-12(19)9(11(18)16-14(17)22)8-15-10(13(20)21)5-7-23-2/h8,10,19H,3-7H2,1-2H3,(H,20,21)(H,16,18,22). The van der Waals surface area contributed by atoms with Crippen LogP contribution in [-0.4, -0.2) is 50.0 Å². The Balaban J connectivity index is 3.16. The molecule has 1 atom stereocenters. The molecule has 0 saturated carbocycles. The maximum Gasteiger partial charge on any atom is 0.331 e. The third-order valence-electron chi connectivity index (χ3n) is 3.21. The van der Waals surface area contributed by atoms with Crippen molar-refractivity contribution in [1.29, 1.82) is 0 Å². The molecule has 0 spiro atoms. The van der Waals surface area contributed by atoms with Crippen LogP contribution >= 0.6 is 11.8 Å². The number of nitrogens with one attached hydrogen (secondary N) is 1. The molecule has 128 valence electrons. The lowest BCUT2D eigenvalue weighted by atomic mass is 10.2. The van der Waals surface area contributed by atoms with Crippen molar-refractivity contribution in [3.63, 3.8) is 0 Å². The number of H-pyrrole nitrogens is 1. The highest BCUT2D eigenvalue weighted by molar-refractivity contribution is 7.98. The Morgan fingerprint density at radius 3 is 2.74 bits per heavy atom. The number of aromatic hydroxyl groups is 1. The van der Waals surface area contributed by atoms with Crippen molar-refractivity contribution in [3.8, 4) is 5.88 Å². The number of hydrogen-bond donors (Lipinski definition) is 3. The smallest absolute Gasteiger partial charge is 0.331 e. The highest BCUT2D eigenvalue weighted by Gasteiger charge is 2.17. The average molecular weight is 343 g/mol. The third-order valence-corrected chi connectivity index (χ3v) is 3.85. The van der Waals surface area contributed by atoms with Crippen molar-refractivity contribution >= 4 is 23.9 Å². The third kappa shape index (κ3) is 5.27. The molecule has 9 heteroatoms. The van der Waals surface area contributed by atoms with Crippen LogP contribution in [0.2, 0.25) is 0 Å². The van der Waals surface area contributed by atoms with Crippen LogP contribution in [0.4, 0.5) is 0 Å². The quantitative estimate of drug-likeness (QED) is 0.566. The largest absolute Gasteiger partial charge is 0.494 e. The van der Waals surface area contributed by atoms with Gasteiger partial charge in [-0.3, -0.25) is 19.3 Å². The zero-order valence-corrected chi connectivity index (χ0v) is 13.9. The first kappa shape index (κ1) is 19.0. The van der Waals surface area contributed by atoms with Crippen molar-refractivity contribution in [2.75, 3.05) is 12.0 Å². The van der Waals surface area contributed by atoms with E-state index in [9.17, 15) is 19.5 Å². The summed E-state index contributed by atoms with van der Waals surface area (Å²) in [5.74, 6) is -0.998. The lowest BCUT2D eigenvalue weighted by molar-refractivity contribution is -0.138.